The maximum Gasteiger partial charge on any atom is 0.305 e. The van der Waals surface area contributed by atoms with Gasteiger partial charge in [0.1, 0.15) is 11.5 Å². The summed E-state index contributed by atoms with van der Waals surface area (Å²) in [7, 11) is 1.39. The van der Waals surface area contributed by atoms with E-state index in [1.165, 1.54) is 7.11 Å². The van der Waals surface area contributed by atoms with Crippen molar-refractivity contribution < 1.29 is 19.1 Å². The standard InChI is InChI=1S/C22H23NO4/c1-26-20(24)9-5-6-14-27-18-10-11-19-17(15-18)12-13-23-21(19)22(25)16-7-3-2-4-8-16/h2-4,7-8,10-11,15H,5-6,9,12-14H2,1H3. The molecule has 0 saturated carbocycles. The molecule has 5 nitrogen and oxygen atoms in total. The Labute approximate surface area is 159 Å². The zero-order valence-electron chi connectivity index (χ0n) is 15.4. The molecule has 0 bridgehead atoms. The summed E-state index contributed by atoms with van der Waals surface area (Å²) in [5.74, 6) is 0.534. The molecule has 5 heteroatoms. The molecule has 3 rings (SSSR count). The third-order valence-corrected chi connectivity index (χ3v) is 4.51. The highest BCUT2D eigenvalue weighted by atomic mass is 16.5. The van der Waals surface area contributed by atoms with Crippen LogP contribution in [-0.2, 0) is 16.0 Å². The number of carbonyl (C=O) groups excluding carboxylic acids is 2. The molecule has 140 valence electrons. The molecule has 0 radical (unpaired) electrons. The number of esters is 1. The molecule has 1 aliphatic rings. The van der Waals surface area contributed by atoms with Crippen molar-refractivity contribution in [2.24, 2.45) is 4.99 Å². The van der Waals surface area contributed by atoms with Gasteiger partial charge in [-0.3, -0.25) is 14.6 Å². The summed E-state index contributed by atoms with van der Waals surface area (Å²) in [5.41, 5.74) is 3.13. The van der Waals surface area contributed by atoms with E-state index in [2.05, 4.69) is 9.73 Å². The molecule has 0 fully saturated rings. The van der Waals surface area contributed by atoms with Crippen molar-refractivity contribution in [1.82, 2.24) is 0 Å². The number of nitrogens with zero attached hydrogens (tertiary/aromatic N) is 1. The Kier molecular flexibility index (Phi) is 6.36. The highest BCUT2D eigenvalue weighted by Gasteiger charge is 2.22. The molecule has 0 unspecified atom stereocenters. The lowest BCUT2D eigenvalue weighted by Crippen LogP contribution is -2.22. The lowest BCUT2D eigenvalue weighted by atomic mass is 9.92. The van der Waals surface area contributed by atoms with Crippen LogP contribution >= 0.6 is 0 Å². The first-order valence-electron chi connectivity index (χ1n) is 9.16. The number of ether oxygens (including phenoxy) is 2. The number of unbranched alkanes of at least 4 members (excludes halogenated alkanes) is 1. The largest absolute Gasteiger partial charge is 0.494 e. The van der Waals surface area contributed by atoms with Gasteiger partial charge in [-0.1, -0.05) is 30.3 Å². The topological polar surface area (TPSA) is 65.0 Å². The number of ketones is 1. The molecule has 0 aromatic heterocycles. The first-order chi connectivity index (χ1) is 13.2. The van der Waals surface area contributed by atoms with Gasteiger partial charge in [0.05, 0.1) is 13.7 Å². The quantitative estimate of drug-likeness (QED) is 0.407. The molecule has 0 saturated heterocycles. The molecule has 2 aromatic rings. The Balaban J connectivity index is 1.63. The Morgan fingerprint density at radius 3 is 2.67 bits per heavy atom. The van der Waals surface area contributed by atoms with E-state index in [4.69, 9.17) is 4.74 Å². The summed E-state index contributed by atoms with van der Waals surface area (Å²) in [6.07, 6.45) is 2.72. The van der Waals surface area contributed by atoms with E-state index in [-0.39, 0.29) is 11.8 Å². The average molecular weight is 365 g/mol. The van der Waals surface area contributed by atoms with Crippen LogP contribution in [0, 0.1) is 0 Å². The van der Waals surface area contributed by atoms with E-state index in [1.807, 2.05) is 48.5 Å². The molecule has 2 aromatic carbocycles. The third kappa shape index (κ3) is 4.82. The smallest absolute Gasteiger partial charge is 0.305 e. The number of hydrogen-bond acceptors (Lipinski definition) is 5. The normalized spacial score (nSPS) is 12.7. The Bertz CT molecular complexity index is 843. The van der Waals surface area contributed by atoms with Gasteiger partial charge in [0.2, 0.25) is 5.78 Å². The summed E-state index contributed by atoms with van der Waals surface area (Å²) in [6.45, 7) is 1.14. The van der Waals surface area contributed by atoms with Gasteiger partial charge in [-0.2, -0.15) is 0 Å². The second-order valence-electron chi connectivity index (χ2n) is 6.38. The molecular formula is C22H23NO4. The van der Waals surface area contributed by atoms with Crippen molar-refractivity contribution >= 4 is 17.5 Å². The fraction of sp³-hybridized carbons (Fsp3) is 0.318. The fourth-order valence-electron chi connectivity index (χ4n) is 3.05. The maximum atomic E-state index is 12.8. The van der Waals surface area contributed by atoms with E-state index in [9.17, 15) is 9.59 Å². The monoisotopic (exact) mass is 365 g/mol. The number of Topliss-reactive ketones (excluding diaryl/α,β-unsaturated/α-hetero) is 1. The van der Waals surface area contributed by atoms with Crippen molar-refractivity contribution in [1.29, 1.82) is 0 Å². The minimum absolute atomic E-state index is 0.0481. The Morgan fingerprint density at radius 2 is 1.89 bits per heavy atom. The lowest BCUT2D eigenvalue weighted by Gasteiger charge is -2.17. The molecule has 0 aliphatic carbocycles. The third-order valence-electron chi connectivity index (χ3n) is 4.51. The van der Waals surface area contributed by atoms with E-state index >= 15 is 0 Å². The Morgan fingerprint density at radius 1 is 1.07 bits per heavy atom. The van der Waals surface area contributed by atoms with Gasteiger partial charge in [0.25, 0.3) is 0 Å². The van der Waals surface area contributed by atoms with Gasteiger partial charge in [-0.05, 0) is 43.0 Å². The second kappa shape index (κ2) is 9.12. The van der Waals surface area contributed by atoms with Crippen LogP contribution in [0.5, 0.6) is 5.75 Å². The number of methoxy groups -OCH3 is 1. The van der Waals surface area contributed by atoms with Crippen LogP contribution in [0.2, 0.25) is 0 Å². The van der Waals surface area contributed by atoms with Gasteiger partial charge in [-0.15, -0.1) is 0 Å². The summed E-state index contributed by atoms with van der Waals surface area (Å²) in [4.78, 5) is 28.3. The predicted molar refractivity (Wildman–Crippen MR) is 104 cm³/mol. The lowest BCUT2D eigenvalue weighted by molar-refractivity contribution is -0.140. The van der Waals surface area contributed by atoms with Crippen LogP contribution in [0.25, 0.3) is 0 Å². The number of rotatable bonds is 8. The highest BCUT2D eigenvalue weighted by Crippen LogP contribution is 2.24. The molecule has 0 amide bonds. The molecule has 0 spiro atoms. The molecule has 27 heavy (non-hydrogen) atoms. The van der Waals surface area contributed by atoms with Crippen molar-refractivity contribution in [2.45, 2.75) is 25.7 Å². The molecule has 1 aliphatic heterocycles. The first kappa shape index (κ1) is 18.8. The molecule has 0 atom stereocenters. The van der Waals surface area contributed by atoms with Gasteiger partial charge in [0, 0.05) is 24.1 Å². The van der Waals surface area contributed by atoms with Crippen molar-refractivity contribution in [2.75, 3.05) is 20.3 Å². The zero-order chi connectivity index (χ0) is 19.1. The number of benzene rings is 2. The minimum atomic E-state index is -0.196. The Hall–Kier alpha value is -2.95. The summed E-state index contributed by atoms with van der Waals surface area (Å²) >= 11 is 0. The molecule has 1 heterocycles. The predicted octanol–water partition coefficient (Wildman–Crippen LogP) is 3.64. The van der Waals surface area contributed by atoms with Crippen molar-refractivity contribution in [3.8, 4) is 5.75 Å². The number of hydrogen-bond donors (Lipinski definition) is 0. The van der Waals surface area contributed by atoms with Crippen LogP contribution in [0.4, 0.5) is 0 Å². The highest BCUT2D eigenvalue weighted by molar-refractivity contribution is 6.51. The van der Waals surface area contributed by atoms with Crippen molar-refractivity contribution in [3.63, 3.8) is 0 Å². The minimum Gasteiger partial charge on any atom is -0.494 e. The van der Waals surface area contributed by atoms with Crippen LogP contribution < -0.4 is 4.74 Å². The van der Waals surface area contributed by atoms with E-state index in [0.29, 0.717) is 30.8 Å². The van der Waals surface area contributed by atoms with Crippen LogP contribution in [-0.4, -0.2) is 37.7 Å². The van der Waals surface area contributed by atoms with Gasteiger partial charge in [-0.25, -0.2) is 0 Å². The van der Waals surface area contributed by atoms with Gasteiger partial charge in [0.15, 0.2) is 0 Å². The van der Waals surface area contributed by atoms with Gasteiger partial charge < -0.3 is 9.47 Å². The van der Waals surface area contributed by atoms with E-state index < -0.39 is 0 Å². The van der Waals surface area contributed by atoms with Crippen LogP contribution in [0.15, 0.2) is 53.5 Å². The average Bonchev–Trinajstić information content (AvgIpc) is 2.72. The fourth-order valence-corrected chi connectivity index (χ4v) is 3.05. The van der Waals surface area contributed by atoms with Crippen molar-refractivity contribution in [3.05, 3.63) is 65.2 Å². The first-order valence-corrected chi connectivity index (χ1v) is 9.16. The summed E-state index contributed by atoms with van der Waals surface area (Å²) < 4.78 is 10.4. The SMILES string of the molecule is COC(=O)CCCCOc1ccc2c(c1)CCN=C2C(=O)c1ccccc1. The summed E-state index contributed by atoms with van der Waals surface area (Å²) in [5, 5.41) is 0. The molecule has 0 N–H and O–H groups in total. The zero-order valence-corrected chi connectivity index (χ0v) is 15.4. The second-order valence-corrected chi connectivity index (χ2v) is 6.38. The van der Waals surface area contributed by atoms with E-state index in [0.717, 1.165) is 36.1 Å². The molecular weight excluding hydrogens is 342 g/mol. The van der Waals surface area contributed by atoms with Crippen LogP contribution in [0.3, 0.4) is 0 Å². The maximum absolute atomic E-state index is 12.8. The number of fused-ring (bicyclic) bond motifs is 1. The van der Waals surface area contributed by atoms with E-state index in [1.54, 1.807) is 0 Å². The summed E-state index contributed by atoms with van der Waals surface area (Å²) in [6, 6.07) is 15.0. The number of carbonyl (C=O) groups is 2. The number of aliphatic imine (C=N–C) groups is 1. The van der Waals surface area contributed by atoms with Crippen LogP contribution in [0.1, 0.15) is 40.7 Å². The van der Waals surface area contributed by atoms with Gasteiger partial charge >= 0.3 is 5.97 Å².